The van der Waals surface area contributed by atoms with Crippen LogP contribution in [0.2, 0.25) is 0 Å². The zero-order valence-electron chi connectivity index (χ0n) is 24.3. The van der Waals surface area contributed by atoms with Crippen molar-refractivity contribution in [2.45, 2.75) is 51.5 Å². The average Bonchev–Trinajstić information content (AvgIpc) is 2.98. The van der Waals surface area contributed by atoms with Crippen molar-refractivity contribution in [2.75, 3.05) is 50.9 Å². The predicted molar refractivity (Wildman–Crippen MR) is 159 cm³/mol. The van der Waals surface area contributed by atoms with Crippen LogP contribution in [-0.4, -0.2) is 83.0 Å². The monoisotopic (exact) mass is 560 g/mol. The molecule has 0 radical (unpaired) electrons. The van der Waals surface area contributed by atoms with Crippen LogP contribution in [0.15, 0.2) is 54.7 Å². The Morgan fingerprint density at radius 3 is 2.66 bits per heavy atom. The third kappa shape index (κ3) is 8.47. The molecule has 0 bridgehead atoms. The van der Waals surface area contributed by atoms with Crippen LogP contribution in [0.25, 0.3) is 11.4 Å². The molecular formula is C31H42N7O3+. The van der Waals surface area contributed by atoms with Crippen molar-refractivity contribution in [1.29, 1.82) is 0 Å². The summed E-state index contributed by atoms with van der Waals surface area (Å²) in [6, 6.07) is 14.8. The van der Waals surface area contributed by atoms with E-state index in [-0.39, 0.29) is 18.2 Å². The van der Waals surface area contributed by atoms with Crippen LogP contribution in [0.3, 0.4) is 0 Å². The second kappa shape index (κ2) is 14.5. The third-order valence-electron chi connectivity index (χ3n) is 7.40. The number of hydrogen-bond acceptors (Lipinski definition) is 8. The maximum atomic E-state index is 12.6. The number of hydrogen-bond donors (Lipinski definition) is 3. The Balaban J connectivity index is 1.36. The quantitative estimate of drug-likeness (QED) is 0.157. The van der Waals surface area contributed by atoms with Crippen LogP contribution in [0, 0.1) is 0 Å². The molecule has 3 aromatic rings. The number of pyridine rings is 1. The van der Waals surface area contributed by atoms with E-state index in [9.17, 15) is 14.8 Å². The second-order valence-corrected chi connectivity index (χ2v) is 10.8. The molecule has 1 aliphatic rings. The zero-order valence-corrected chi connectivity index (χ0v) is 24.3. The number of rotatable bonds is 14. The Bertz CT molecular complexity index is 1320. The number of carbonyl (C=O) groups excluding carboxylic acids is 2. The molecule has 0 aliphatic carbocycles. The molecule has 1 amide bonds. The highest BCUT2D eigenvalue weighted by atomic mass is 16.5. The number of fused-ring (bicyclic) bond motifs is 1. The van der Waals surface area contributed by atoms with Gasteiger partial charge in [0.2, 0.25) is 5.91 Å². The summed E-state index contributed by atoms with van der Waals surface area (Å²) >= 11 is 0. The maximum absolute atomic E-state index is 12.6. The Morgan fingerprint density at radius 2 is 1.90 bits per heavy atom. The highest BCUT2D eigenvalue weighted by Crippen LogP contribution is 2.20. The number of ketones is 1. The van der Waals surface area contributed by atoms with Crippen LogP contribution < -0.4 is 15.4 Å². The van der Waals surface area contributed by atoms with Crippen LogP contribution in [0.5, 0.6) is 0 Å². The molecule has 3 N–H and O–H groups in total. The highest BCUT2D eigenvalue weighted by Gasteiger charge is 2.24. The maximum Gasteiger partial charge on any atom is 0.307 e. The lowest BCUT2D eigenvalue weighted by molar-refractivity contribution is -0.886. The molecule has 41 heavy (non-hydrogen) atoms. The van der Waals surface area contributed by atoms with E-state index in [1.165, 1.54) is 12.5 Å². The normalized spacial score (nSPS) is 13.3. The molecule has 1 atom stereocenters. The van der Waals surface area contributed by atoms with Crippen molar-refractivity contribution < 1.29 is 19.5 Å². The number of aromatic nitrogens is 3. The molecule has 0 saturated carbocycles. The molecule has 0 spiro atoms. The minimum absolute atomic E-state index is 0.0228. The van der Waals surface area contributed by atoms with Crippen LogP contribution in [-0.2, 0) is 22.4 Å². The standard InChI is InChI=1S/C31H41N7O3/c1-23(39)27(35-28-16-19-33-31(38(28)41)25-10-5-4-6-11-25)17-21-37(22-29(40)36(2)3)20-8-7-13-26-15-14-24-12-9-18-32-30(24)34-26/h4-6,10-11,14-16,19,27,41H,7-9,12-13,17-18,20-22H2,1-3H3,(H,32,34)/p+1/t27-/m0/s1. The summed E-state index contributed by atoms with van der Waals surface area (Å²) in [7, 11) is 3.51. The van der Waals surface area contributed by atoms with Gasteiger partial charge in [0, 0.05) is 45.4 Å². The number of amides is 1. The molecule has 10 nitrogen and oxygen atoms in total. The van der Waals surface area contributed by atoms with Crippen molar-refractivity contribution in [3.63, 3.8) is 0 Å². The third-order valence-corrected chi connectivity index (χ3v) is 7.40. The molecular weight excluding hydrogens is 518 g/mol. The summed E-state index contributed by atoms with van der Waals surface area (Å²) in [6.07, 6.45) is 7.05. The lowest BCUT2D eigenvalue weighted by Gasteiger charge is -2.25. The van der Waals surface area contributed by atoms with Crippen molar-refractivity contribution in [3.05, 3.63) is 66.0 Å². The van der Waals surface area contributed by atoms with E-state index in [1.807, 2.05) is 30.3 Å². The second-order valence-electron chi connectivity index (χ2n) is 10.8. The van der Waals surface area contributed by atoms with Gasteiger partial charge in [-0.25, -0.2) is 4.98 Å². The smallest absolute Gasteiger partial charge is 0.307 e. The molecule has 0 unspecified atom stereocenters. The molecule has 0 fully saturated rings. The average molecular weight is 561 g/mol. The number of benzene rings is 1. The number of carbonyl (C=O) groups is 2. The highest BCUT2D eigenvalue weighted by molar-refractivity contribution is 5.84. The van der Waals surface area contributed by atoms with Gasteiger partial charge in [-0.3, -0.25) is 19.8 Å². The Morgan fingerprint density at radius 1 is 1.10 bits per heavy atom. The molecule has 1 aromatic carbocycles. The van der Waals surface area contributed by atoms with Gasteiger partial charge in [-0.05, 0) is 69.3 Å². The largest absolute Gasteiger partial charge is 0.371 e. The van der Waals surface area contributed by atoms with Crippen LogP contribution in [0.4, 0.5) is 11.6 Å². The fraction of sp³-hybridized carbons (Fsp3) is 0.452. The van der Waals surface area contributed by atoms with Crippen molar-refractivity contribution in [2.24, 2.45) is 0 Å². The number of likely N-dealkylation sites (N-methyl/N-ethyl adjacent to an activating group) is 1. The van der Waals surface area contributed by atoms with E-state index in [0.29, 0.717) is 24.6 Å². The topological polar surface area (TPSA) is 115 Å². The van der Waals surface area contributed by atoms with E-state index in [0.717, 1.165) is 67.0 Å². The first kappa shape index (κ1) is 29.9. The van der Waals surface area contributed by atoms with Gasteiger partial charge in [0.1, 0.15) is 18.1 Å². The summed E-state index contributed by atoms with van der Waals surface area (Å²) in [5, 5.41) is 17.4. The first-order valence-corrected chi connectivity index (χ1v) is 14.4. The fourth-order valence-electron chi connectivity index (χ4n) is 4.93. The van der Waals surface area contributed by atoms with Crippen molar-refractivity contribution >= 4 is 23.3 Å². The zero-order chi connectivity index (χ0) is 29.2. The van der Waals surface area contributed by atoms with Gasteiger partial charge in [-0.2, -0.15) is 0 Å². The van der Waals surface area contributed by atoms with E-state index >= 15 is 0 Å². The number of unbranched alkanes of at least 4 members (excludes halogenated alkanes) is 1. The Labute approximate surface area is 242 Å². The van der Waals surface area contributed by atoms with Gasteiger partial charge in [0.15, 0.2) is 5.78 Å². The molecule has 3 heterocycles. The molecule has 1 aliphatic heterocycles. The number of Topliss-reactive ketones (excluding diaryl/α,β-unsaturated/α-hetero) is 1. The lowest BCUT2D eigenvalue weighted by atomic mass is 10.1. The molecule has 10 heteroatoms. The number of nitrogens with zero attached hydrogens (tertiary/aromatic N) is 5. The minimum Gasteiger partial charge on any atom is -0.371 e. The number of nitrogens with one attached hydrogen (secondary N) is 2. The lowest BCUT2D eigenvalue weighted by Crippen LogP contribution is -2.43. The summed E-state index contributed by atoms with van der Waals surface area (Å²) in [6.45, 7) is 4.09. The Hall–Kier alpha value is -4.05. The van der Waals surface area contributed by atoms with E-state index in [4.69, 9.17) is 4.98 Å². The van der Waals surface area contributed by atoms with E-state index < -0.39 is 6.04 Å². The summed E-state index contributed by atoms with van der Waals surface area (Å²) in [4.78, 5) is 38.0. The molecule has 218 valence electrons. The van der Waals surface area contributed by atoms with Crippen LogP contribution in [0.1, 0.15) is 43.9 Å². The van der Waals surface area contributed by atoms with Gasteiger partial charge in [0.05, 0.1) is 12.1 Å². The van der Waals surface area contributed by atoms with Gasteiger partial charge in [-0.15, -0.1) is 4.98 Å². The van der Waals surface area contributed by atoms with Crippen molar-refractivity contribution in [3.8, 4) is 11.4 Å². The fourth-order valence-corrected chi connectivity index (χ4v) is 4.93. The first-order chi connectivity index (χ1) is 19.8. The van der Waals surface area contributed by atoms with E-state index in [2.05, 4.69) is 32.7 Å². The van der Waals surface area contributed by atoms with Gasteiger partial charge in [0.25, 0.3) is 5.82 Å². The van der Waals surface area contributed by atoms with E-state index in [1.54, 1.807) is 31.3 Å². The van der Waals surface area contributed by atoms with Gasteiger partial charge >= 0.3 is 5.82 Å². The molecule has 0 saturated heterocycles. The van der Waals surface area contributed by atoms with Gasteiger partial charge < -0.3 is 15.4 Å². The SMILES string of the molecule is CC(=O)[C@H](CCN(CCCCc1ccc2c(n1)NCCC2)CC(=O)N(C)C)Nc1ccnc(-c2ccccc2)[n+]1O. The summed E-state index contributed by atoms with van der Waals surface area (Å²) < 4.78 is 0.975. The first-order valence-electron chi connectivity index (χ1n) is 14.4. The predicted octanol–water partition coefficient (Wildman–Crippen LogP) is 3.20. The summed E-state index contributed by atoms with van der Waals surface area (Å²) in [5.41, 5.74) is 3.13. The Kier molecular flexibility index (Phi) is 10.6. The summed E-state index contributed by atoms with van der Waals surface area (Å²) in [5.74, 6) is 1.75. The van der Waals surface area contributed by atoms with Gasteiger partial charge in [-0.1, -0.05) is 29.0 Å². The van der Waals surface area contributed by atoms with Crippen LogP contribution >= 0.6 is 0 Å². The number of aryl methyl sites for hydroxylation is 2. The molecule has 2 aromatic heterocycles. The minimum atomic E-state index is -0.538. The molecule has 4 rings (SSSR count). The number of anilines is 2. The van der Waals surface area contributed by atoms with Crippen molar-refractivity contribution in [1.82, 2.24) is 19.8 Å².